The maximum Gasteiger partial charge on any atom is 0.303 e. The lowest BCUT2D eigenvalue weighted by molar-refractivity contribution is -0.137. The fraction of sp³-hybridized carbons (Fsp3) is 0.381. The highest BCUT2D eigenvalue weighted by atomic mass is 32.2. The fourth-order valence-corrected chi connectivity index (χ4v) is 4.45. The van der Waals surface area contributed by atoms with Crippen molar-refractivity contribution in [3.8, 4) is 0 Å². The topological polar surface area (TPSA) is 104 Å². The minimum absolute atomic E-state index is 0.0438. The molecule has 1 fully saturated rings. The van der Waals surface area contributed by atoms with Crippen LogP contribution in [-0.2, 0) is 9.59 Å². The molecule has 1 amide bonds. The number of nitrogens with zero attached hydrogens (tertiary/aromatic N) is 3. The molecule has 3 rings (SSSR count). The summed E-state index contributed by atoms with van der Waals surface area (Å²) in [5, 5.41) is 12.1. The Bertz CT molecular complexity index is 1100. The first-order valence-corrected chi connectivity index (χ1v) is 11.4. The zero-order valence-corrected chi connectivity index (χ0v) is 18.8. The molecule has 10 heteroatoms. The number of amides is 1. The number of carboxylic acid groups (broad SMARTS) is 1. The number of carbonyl (C=O) groups excluding carboxylic acids is 1. The molecule has 0 aromatic carbocycles. The monoisotopic (exact) mass is 460 g/mol. The third-order valence-electron chi connectivity index (χ3n) is 4.76. The van der Waals surface area contributed by atoms with Crippen LogP contribution in [-0.4, -0.2) is 48.7 Å². The molecule has 2 N–H and O–H groups in total. The smallest absolute Gasteiger partial charge is 0.303 e. The standard InChI is InChI=1S/C21H24N4O4S2/c1-2-3-5-10-22-18-14(19(28)24-11-6-4-8-16(24)23-18)13-15-20(29)25(21(30)31-15)12-7-9-17(26)27/h4,6,8,11,13,22H,2-3,5,7,9-10,12H2,1H3,(H,26,27)/b15-13+. The van der Waals surface area contributed by atoms with Gasteiger partial charge in [0.15, 0.2) is 0 Å². The normalized spacial score (nSPS) is 15.3. The predicted molar refractivity (Wildman–Crippen MR) is 126 cm³/mol. The third-order valence-corrected chi connectivity index (χ3v) is 6.14. The van der Waals surface area contributed by atoms with E-state index in [4.69, 9.17) is 17.3 Å². The number of carbonyl (C=O) groups is 2. The number of pyridine rings is 1. The van der Waals surface area contributed by atoms with Crippen molar-refractivity contribution >= 4 is 57.7 Å². The van der Waals surface area contributed by atoms with Gasteiger partial charge in [0.05, 0.1) is 10.5 Å². The van der Waals surface area contributed by atoms with Crippen LogP contribution in [0.5, 0.6) is 0 Å². The second kappa shape index (κ2) is 10.5. The molecule has 0 aliphatic carbocycles. The molecule has 1 aliphatic heterocycles. The molecule has 164 valence electrons. The minimum Gasteiger partial charge on any atom is -0.481 e. The summed E-state index contributed by atoms with van der Waals surface area (Å²) in [7, 11) is 0. The molecule has 8 nitrogen and oxygen atoms in total. The molecule has 1 saturated heterocycles. The van der Waals surface area contributed by atoms with Crippen molar-refractivity contribution in [1.29, 1.82) is 0 Å². The Morgan fingerprint density at radius 3 is 2.84 bits per heavy atom. The van der Waals surface area contributed by atoms with E-state index >= 15 is 0 Å². The fourth-order valence-electron chi connectivity index (χ4n) is 3.16. The van der Waals surface area contributed by atoms with Crippen LogP contribution in [0.4, 0.5) is 5.82 Å². The maximum atomic E-state index is 13.1. The van der Waals surface area contributed by atoms with Crippen LogP contribution in [0.2, 0.25) is 0 Å². The molecular weight excluding hydrogens is 436 g/mol. The van der Waals surface area contributed by atoms with Crippen molar-refractivity contribution in [2.24, 2.45) is 0 Å². The van der Waals surface area contributed by atoms with Gasteiger partial charge >= 0.3 is 5.97 Å². The zero-order chi connectivity index (χ0) is 22.4. The average Bonchev–Trinajstić information content (AvgIpc) is 3.01. The van der Waals surface area contributed by atoms with Crippen molar-refractivity contribution < 1.29 is 14.7 Å². The third kappa shape index (κ3) is 5.50. The van der Waals surface area contributed by atoms with E-state index in [1.165, 1.54) is 15.4 Å². The van der Waals surface area contributed by atoms with Gasteiger partial charge in [-0.05, 0) is 31.1 Å². The van der Waals surface area contributed by atoms with Crippen LogP contribution >= 0.6 is 24.0 Å². The highest BCUT2D eigenvalue weighted by Crippen LogP contribution is 2.33. The van der Waals surface area contributed by atoms with Crippen LogP contribution in [0.1, 0.15) is 44.6 Å². The second-order valence-electron chi connectivity index (χ2n) is 7.07. The summed E-state index contributed by atoms with van der Waals surface area (Å²) in [6.07, 6.45) is 6.51. The number of thiocarbonyl (C=S) groups is 1. The summed E-state index contributed by atoms with van der Waals surface area (Å²) >= 11 is 6.40. The minimum atomic E-state index is -0.921. The molecule has 0 spiro atoms. The first-order valence-electron chi connectivity index (χ1n) is 10.1. The second-order valence-corrected chi connectivity index (χ2v) is 8.75. The molecule has 0 unspecified atom stereocenters. The van der Waals surface area contributed by atoms with Gasteiger partial charge in [-0.15, -0.1) is 0 Å². The van der Waals surface area contributed by atoms with E-state index in [-0.39, 0.29) is 24.4 Å². The van der Waals surface area contributed by atoms with Crippen molar-refractivity contribution in [2.45, 2.75) is 39.0 Å². The lowest BCUT2D eigenvalue weighted by Crippen LogP contribution is -2.29. The van der Waals surface area contributed by atoms with Gasteiger partial charge in [-0.1, -0.05) is 49.8 Å². The Kier molecular flexibility index (Phi) is 7.80. The van der Waals surface area contributed by atoms with Crippen molar-refractivity contribution in [1.82, 2.24) is 14.3 Å². The summed E-state index contributed by atoms with van der Waals surface area (Å²) in [5.74, 6) is -0.812. The van der Waals surface area contributed by atoms with Crippen LogP contribution in [0.25, 0.3) is 11.7 Å². The number of anilines is 1. The molecule has 2 aromatic rings. The van der Waals surface area contributed by atoms with Gasteiger partial charge in [-0.2, -0.15) is 0 Å². The molecule has 0 radical (unpaired) electrons. The number of fused-ring (bicyclic) bond motifs is 1. The largest absolute Gasteiger partial charge is 0.481 e. The summed E-state index contributed by atoms with van der Waals surface area (Å²) in [6, 6.07) is 5.31. The van der Waals surface area contributed by atoms with E-state index in [2.05, 4.69) is 17.2 Å². The van der Waals surface area contributed by atoms with Crippen molar-refractivity contribution in [3.05, 3.63) is 45.2 Å². The molecule has 1 aliphatic rings. The number of carboxylic acids is 1. The summed E-state index contributed by atoms with van der Waals surface area (Å²) < 4.78 is 1.80. The Hall–Kier alpha value is -2.72. The van der Waals surface area contributed by atoms with E-state index in [9.17, 15) is 14.4 Å². The highest BCUT2D eigenvalue weighted by Gasteiger charge is 2.32. The van der Waals surface area contributed by atoms with E-state index in [0.717, 1.165) is 31.0 Å². The molecule has 0 bridgehead atoms. The van der Waals surface area contributed by atoms with Gasteiger partial charge in [0.2, 0.25) is 0 Å². The summed E-state index contributed by atoms with van der Waals surface area (Å²) in [5.41, 5.74) is 0.537. The van der Waals surface area contributed by atoms with E-state index in [1.807, 2.05) is 6.07 Å². The Morgan fingerprint density at radius 1 is 1.29 bits per heavy atom. The first-order chi connectivity index (χ1) is 14.9. The zero-order valence-electron chi connectivity index (χ0n) is 17.2. The van der Waals surface area contributed by atoms with Gasteiger partial charge in [-0.25, -0.2) is 4.98 Å². The van der Waals surface area contributed by atoms with E-state index in [1.54, 1.807) is 18.3 Å². The van der Waals surface area contributed by atoms with Crippen LogP contribution in [0.15, 0.2) is 34.1 Å². The number of thioether (sulfide) groups is 1. The van der Waals surface area contributed by atoms with Gasteiger partial charge in [0.25, 0.3) is 11.5 Å². The number of hydrogen-bond donors (Lipinski definition) is 2. The number of nitrogens with one attached hydrogen (secondary N) is 1. The molecule has 3 heterocycles. The van der Waals surface area contributed by atoms with Gasteiger partial charge < -0.3 is 10.4 Å². The Morgan fingerprint density at radius 2 is 2.10 bits per heavy atom. The first kappa shape index (κ1) is 23.0. The highest BCUT2D eigenvalue weighted by molar-refractivity contribution is 8.26. The van der Waals surface area contributed by atoms with E-state index < -0.39 is 5.97 Å². The van der Waals surface area contributed by atoms with Crippen LogP contribution in [0.3, 0.4) is 0 Å². The molecule has 0 atom stereocenters. The number of rotatable bonds is 10. The van der Waals surface area contributed by atoms with Crippen LogP contribution in [0, 0.1) is 0 Å². The number of aromatic nitrogens is 2. The number of unbranched alkanes of at least 4 members (excludes halogenated alkanes) is 2. The van der Waals surface area contributed by atoms with Gasteiger partial charge in [-0.3, -0.25) is 23.7 Å². The lowest BCUT2D eigenvalue weighted by Gasteiger charge is -2.13. The summed E-state index contributed by atoms with van der Waals surface area (Å²) in [4.78, 5) is 43.0. The molecule has 0 saturated carbocycles. The lowest BCUT2D eigenvalue weighted by atomic mass is 10.2. The van der Waals surface area contributed by atoms with Crippen molar-refractivity contribution in [2.75, 3.05) is 18.4 Å². The predicted octanol–water partition coefficient (Wildman–Crippen LogP) is 3.36. The van der Waals surface area contributed by atoms with E-state index in [0.29, 0.717) is 39.2 Å². The average molecular weight is 461 g/mol. The SMILES string of the molecule is CCCCCNc1nc2ccccn2c(=O)c1/C=C1/SC(=S)N(CCCC(=O)O)C1=O. The number of hydrogen-bond acceptors (Lipinski definition) is 7. The van der Waals surface area contributed by atoms with Crippen molar-refractivity contribution in [3.63, 3.8) is 0 Å². The number of aliphatic carboxylic acids is 1. The Labute approximate surface area is 189 Å². The van der Waals surface area contributed by atoms with Gasteiger partial charge in [0.1, 0.15) is 15.8 Å². The maximum absolute atomic E-state index is 13.1. The summed E-state index contributed by atoms with van der Waals surface area (Å²) in [6.45, 7) is 3.01. The molecular formula is C21H24N4O4S2. The van der Waals surface area contributed by atoms with Crippen LogP contribution < -0.4 is 10.9 Å². The molecule has 31 heavy (non-hydrogen) atoms. The molecule has 2 aromatic heterocycles. The van der Waals surface area contributed by atoms with Gasteiger partial charge in [0, 0.05) is 25.7 Å². The quantitative estimate of drug-likeness (QED) is 0.316. The Balaban J connectivity index is 1.93.